The zero-order chi connectivity index (χ0) is 16.0. The summed E-state index contributed by atoms with van der Waals surface area (Å²) < 4.78 is 15.7. The summed E-state index contributed by atoms with van der Waals surface area (Å²) in [5.74, 6) is -0.248. The van der Waals surface area contributed by atoms with Gasteiger partial charge in [0.05, 0.1) is 0 Å². The van der Waals surface area contributed by atoms with Gasteiger partial charge in [0.25, 0.3) is 5.91 Å². The van der Waals surface area contributed by atoms with Crippen LogP contribution in [0.3, 0.4) is 0 Å². The molecule has 1 amide bonds. The second-order valence-electron chi connectivity index (χ2n) is 6.04. The maximum absolute atomic E-state index is 13.7. The van der Waals surface area contributed by atoms with Gasteiger partial charge < -0.3 is 9.47 Å². The quantitative estimate of drug-likeness (QED) is 0.712. The van der Waals surface area contributed by atoms with E-state index in [1.165, 1.54) is 6.07 Å². The second-order valence-corrected chi connectivity index (χ2v) is 6.04. The monoisotopic (exact) mass is 308 g/mol. The predicted octanol–water partition coefficient (Wildman–Crippen LogP) is 3.46. The predicted molar refractivity (Wildman–Crippen MR) is 88.1 cm³/mol. The molecule has 0 N–H and O–H groups in total. The topological polar surface area (TPSA) is 25.2 Å². The third-order valence-corrected chi connectivity index (χ3v) is 4.56. The Labute approximate surface area is 133 Å². The summed E-state index contributed by atoms with van der Waals surface area (Å²) in [7, 11) is 1.82. The summed E-state index contributed by atoms with van der Waals surface area (Å²) in [6.07, 6.45) is 0.763. The third-order valence-electron chi connectivity index (χ3n) is 4.56. The minimum absolute atomic E-state index is 0.0128. The third kappa shape index (κ3) is 2.22. The SMILES string of the molecule is CN1CCc2c(n(Cc3ccccc3)c3ccc(F)cc23)C1=O. The molecular formula is C19H17FN2O. The molecule has 0 atom stereocenters. The molecule has 0 unspecified atom stereocenters. The number of benzene rings is 2. The number of halogens is 1. The molecule has 116 valence electrons. The largest absolute Gasteiger partial charge is 0.340 e. The van der Waals surface area contributed by atoms with Crippen LogP contribution in [0.25, 0.3) is 10.9 Å². The standard InChI is InChI=1S/C19H17FN2O/c1-21-10-9-15-16-11-14(20)7-8-17(16)22(18(15)19(21)23)12-13-5-3-2-4-6-13/h2-8,11H,9-10,12H2,1H3. The van der Waals surface area contributed by atoms with Crippen LogP contribution in [-0.2, 0) is 13.0 Å². The van der Waals surface area contributed by atoms with E-state index in [0.29, 0.717) is 18.8 Å². The van der Waals surface area contributed by atoms with Crippen molar-refractivity contribution in [2.24, 2.45) is 0 Å². The van der Waals surface area contributed by atoms with Crippen LogP contribution in [0.4, 0.5) is 4.39 Å². The van der Waals surface area contributed by atoms with Crippen LogP contribution in [0.1, 0.15) is 21.6 Å². The van der Waals surface area contributed by atoms with Crippen molar-refractivity contribution in [3.63, 3.8) is 0 Å². The number of amides is 1. The van der Waals surface area contributed by atoms with Gasteiger partial charge in [0.1, 0.15) is 11.5 Å². The average molecular weight is 308 g/mol. The molecule has 3 aromatic rings. The maximum Gasteiger partial charge on any atom is 0.270 e. The van der Waals surface area contributed by atoms with E-state index in [0.717, 1.165) is 28.5 Å². The Balaban J connectivity index is 1.96. The molecule has 3 nitrogen and oxygen atoms in total. The first-order valence-corrected chi connectivity index (χ1v) is 7.75. The van der Waals surface area contributed by atoms with Crippen molar-refractivity contribution in [1.29, 1.82) is 0 Å². The summed E-state index contributed by atoms with van der Waals surface area (Å²) in [5.41, 5.74) is 3.71. The van der Waals surface area contributed by atoms with Crippen LogP contribution in [0.2, 0.25) is 0 Å². The molecule has 23 heavy (non-hydrogen) atoms. The van der Waals surface area contributed by atoms with E-state index < -0.39 is 0 Å². The Hall–Kier alpha value is -2.62. The van der Waals surface area contributed by atoms with Crippen LogP contribution in [0.15, 0.2) is 48.5 Å². The van der Waals surface area contributed by atoms with Crippen LogP contribution >= 0.6 is 0 Å². The zero-order valence-electron chi connectivity index (χ0n) is 12.9. The first-order valence-electron chi connectivity index (χ1n) is 7.75. The van der Waals surface area contributed by atoms with Crippen molar-refractivity contribution >= 4 is 16.8 Å². The van der Waals surface area contributed by atoms with Crippen molar-refractivity contribution in [3.05, 3.63) is 71.2 Å². The highest BCUT2D eigenvalue weighted by atomic mass is 19.1. The summed E-state index contributed by atoms with van der Waals surface area (Å²) in [4.78, 5) is 14.4. The highest BCUT2D eigenvalue weighted by Gasteiger charge is 2.29. The lowest BCUT2D eigenvalue weighted by Crippen LogP contribution is -2.35. The van der Waals surface area contributed by atoms with Crippen molar-refractivity contribution in [1.82, 2.24) is 9.47 Å². The highest BCUT2D eigenvalue weighted by molar-refractivity contribution is 6.02. The van der Waals surface area contributed by atoms with E-state index in [2.05, 4.69) is 0 Å². The Morgan fingerprint density at radius 1 is 1.13 bits per heavy atom. The van der Waals surface area contributed by atoms with E-state index in [1.54, 1.807) is 17.0 Å². The van der Waals surface area contributed by atoms with Gasteiger partial charge in [-0.3, -0.25) is 4.79 Å². The van der Waals surface area contributed by atoms with E-state index >= 15 is 0 Å². The number of fused-ring (bicyclic) bond motifs is 3. The fourth-order valence-corrected chi connectivity index (χ4v) is 3.39. The van der Waals surface area contributed by atoms with Gasteiger partial charge in [-0.25, -0.2) is 4.39 Å². The summed E-state index contributed by atoms with van der Waals surface area (Å²) in [5, 5.41) is 0.859. The molecule has 0 saturated heterocycles. The van der Waals surface area contributed by atoms with Gasteiger partial charge in [0, 0.05) is 31.0 Å². The van der Waals surface area contributed by atoms with Gasteiger partial charge in [-0.1, -0.05) is 30.3 Å². The van der Waals surface area contributed by atoms with E-state index in [1.807, 2.05) is 41.9 Å². The second kappa shape index (κ2) is 5.23. The van der Waals surface area contributed by atoms with Crippen LogP contribution in [0.5, 0.6) is 0 Å². The van der Waals surface area contributed by atoms with Gasteiger partial charge in [0.15, 0.2) is 0 Å². The van der Waals surface area contributed by atoms with Crippen LogP contribution in [0, 0.1) is 5.82 Å². The van der Waals surface area contributed by atoms with Gasteiger partial charge in [-0.15, -0.1) is 0 Å². The first kappa shape index (κ1) is 14.0. The molecule has 0 saturated carbocycles. The van der Waals surface area contributed by atoms with E-state index in [4.69, 9.17) is 0 Å². The number of carbonyl (C=O) groups is 1. The molecule has 0 radical (unpaired) electrons. The molecule has 0 aliphatic carbocycles. The Kier molecular flexibility index (Phi) is 3.18. The van der Waals surface area contributed by atoms with Gasteiger partial charge in [-0.2, -0.15) is 0 Å². The molecule has 1 aliphatic heterocycles. The van der Waals surface area contributed by atoms with E-state index in [-0.39, 0.29) is 11.7 Å². The fourth-order valence-electron chi connectivity index (χ4n) is 3.39. The molecule has 1 aromatic heterocycles. The Morgan fingerprint density at radius 3 is 2.70 bits per heavy atom. The number of carbonyl (C=O) groups excluding carboxylic acids is 1. The van der Waals surface area contributed by atoms with Crippen LogP contribution in [-0.4, -0.2) is 29.0 Å². The average Bonchev–Trinajstić information content (AvgIpc) is 2.86. The van der Waals surface area contributed by atoms with Crippen molar-refractivity contribution in [2.45, 2.75) is 13.0 Å². The van der Waals surface area contributed by atoms with Gasteiger partial charge in [0.2, 0.25) is 0 Å². The van der Waals surface area contributed by atoms with E-state index in [9.17, 15) is 9.18 Å². The number of rotatable bonds is 2. The highest BCUT2D eigenvalue weighted by Crippen LogP contribution is 2.31. The lowest BCUT2D eigenvalue weighted by atomic mass is 10.0. The lowest BCUT2D eigenvalue weighted by molar-refractivity contribution is 0.0770. The molecule has 4 heteroatoms. The Morgan fingerprint density at radius 2 is 1.91 bits per heavy atom. The molecule has 2 heterocycles. The van der Waals surface area contributed by atoms with Gasteiger partial charge >= 0.3 is 0 Å². The normalized spacial score (nSPS) is 14.3. The number of hydrogen-bond donors (Lipinski definition) is 0. The molecule has 0 fully saturated rings. The van der Waals surface area contributed by atoms with Crippen molar-refractivity contribution in [3.8, 4) is 0 Å². The van der Waals surface area contributed by atoms with Crippen LogP contribution < -0.4 is 0 Å². The minimum atomic E-state index is -0.261. The first-order chi connectivity index (χ1) is 11.1. The Bertz CT molecular complexity index is 899. The molecule has 0 bridgehead atoms. The van der Waals surface area contributed by atoms with Crippen molar-refractivity contribution < 1.29 is 9.18 Å². The molecule has 0 spiro atoms. The zero-order valence-corrected chi connectivity index (χ0v) is 12.9. The summed E-state index contributed by atoms with van der Waals surface area (Å²) in [6, 6.07) is 14.8. The fraction of sp³-hybridized carbons (Fsp3) is 0.211. The lowest BCUT2D eigenvalue weighted by Gasteiger charge is -2.24. The number of likely N-dealkylation sites (N-methyl/N-ethyl adjacent to an activating group) is 1. The summed E-state index contributed by atoms with van der Waals surface area (Å²) >= 11 is 0. The van der Waals surface area contributed by atoms with Crippen molar-refractivity contribution in [2.75, 3.05) is 13.6 Å². The summed E-state index contributed by atoms with van der Waals surface area (Å²) in [6.45, 7) is 1.28. The molecule has 1 aliphatic rings. The van der Waals surface area contributed by atoms with Gasteiger partial charge in [-0.05, 0) is 35.7 Å². The molecule has 4 rings (SSSR count). The maximum atomic E-state index is 13.7. The minimum Gasteiger partial charge on any atom is -0.340 e. The molecular weight excluding hydrogens is 291 g/mol. The smallest absolute Gasteiger partial charge is 0.270 e. The number of nitrogens with zero attached hydrogens (tertiary/aromatic N) is 2. The molecule has 2 aromatic carbocycles. The number of hydrogen-bond acceptors (Lipinski definition) is 1. The number of aromatic nitrogens is 1.